The molecule has 0 radical (unpaired) electrons. The highest BCUT2D eigenvalue weighted by molar-refractivity contribution is 5.93. The fourth-order valence-electron chi connectivity index (χ4n) is 0.267. The molecule has 0 aromatic carbocycles. The summed E-state index contributed by atoms with van der Waals surface area (Å²) in [6, 6.07) is 0. The molecule has 0 aromatic heterocycles. The van der Waals surface area contributed by atoms with Crippen LogP contribution in [0.2, 0.25) is 0 Å². The molecule has 0 aliphatic rings. The van der Waals surface area contributed by atoms with Crippen LogP contribution in [0.1, 0.15) is 6.92 Å². The third-order valence-electron chi connectivity index (χ3n) is 0.793. The summed E-state index contributed by atoms with van der Waals surface area (Å²) in [4.78, 5) is 0. The van der Waals surface area contributed by atoms with E-state index in [4.69, 9.17) is 11.1 Å². The molecule has 0 saturated heterocycles. The Bertz CT molecular complexity index is 133. The Balaban J connectivity index is 3.99. The van der Waals surface area contributed by atoms with Crippen molar-refractivity contribution in [1.82, 2.24) is 0 Å². The second-order valence-corrected chi connectivity index (χ2v) is 1.50. The van der Waals surface area contributed by atoms with E-state index >= 15 is 0 Å². The molecule has 2 nitrogen and oxygen atoms in total. The van der Waals surface area contributed by atoms with Crippen LogP contribution in [0.15, 0.2) is 24.3 Å². The number of rotatable bonds is 2. The maximum Gasteiger partial charge on any atom is 0.118 e. The van der Waals surface area contributed by atoms with Crippen LogP contribution in [0.3, 0.4) is 0 Å². The van der Waals surface area contributed by atoms with Crippen LogP contribution in [-0.4, -0.2) is 5.84 Å². The van der Waals surface area contributed by atoms with Gasteiger partial charge in [0.25, 0.3) is 0 Å². The smallest absolute Gasteiger partial charge is 0.118 e. The Hall–Kier alpha value is -1.05. The highest BCUT2D eigenvalue weighted by Crippen LogP contribution is 1.88. The molecule has 0 spiro atoms. The topological polar surface area (TPSA) is 49.9 Å². The van der Waals surface area contributed by atoms with Gasteiger partial charge in [-0.3, -0.25) is 5.41 Å². The molecule has 0 amide bonds. The summed E-state index contributed by atoms with van der Waals surface area (Å²) in [5.74, 6) is 0.102. The van der Waals surface area contributed by atoms with Gasteiger partial charge in [-0.15, -0.1) is 0 Å². The van der Waals surface area contributed by atoms with Gasteiger partial charge in [0, 0.05) is 0 Å². The standard InChI is InChI=1S/C6H10N2/c1-3-4-5(2)6(7)8/h3-4H,1H2,2H3,(H3,7,8)/b5-4+. The van der Waals surface area contributed by atoms with E-state index in [1.807, 2.05) is 0 Å². The highest BCUT2D eigenvalue weighted by atomic mass is 14.7. The number of hydrogen-bond acceptors (Lipinski definition) is 1. The number of nitrogens with two attached hydrogens (primary N) is 1. The monoisotopic (exact) mass is 110 g/mol. The van der Waals surface area contributed by atoms with Crippen LogP contribution < -0.4 is 5.73 Å². The third kappa shape index (κ3) is 2.18. The lowest BCUT2D eigenvalue weighted by Gasteiger charge is -1.90. The molecule has 0 fully saturated rings. The Labute approximate surface area is 49.2 Å². The van der Waals surface area contributed by atoms with Crippen LogP contribution in [-0.2, 0) is 0 Å². The van der Waals surface area contributed by atoms with Crippen LogP contribution in [0.25, 0.3) is 0 Å². The lowest BCUT2D eigenvalue weighted by atomic mass is 10.3. The predicted octanol–water partition coefficient (Wildman–Crippen LogP) is 1.05. The summed E-state index contributed by atoms with van der Waals surface area (Å²) in [6.45, 7) is 5.22. The molecule has 0 unspecified atom stereocenters. The maximum absolute atomic E-state index is 6.87. The van der Waals surface area contributed by atoms with Gasteiger partial charge in [0.2, 0.25) is 0 Å². The largest absolute Gasteiger partial charge is 0.384 e. The fourth-order valence-corrected chi connectivity index (χ4v) is 0.267. The van der Waals surface area contributed by atoms with Crippen molar-refractivity contribution in [3.8, 4) is 0 Å². The summed E-state index contributed by atoms with van der Waals surface area (Å²) in [6.07, 6.45) is 3.30. The molecular weight excluding hydrogens is 100 g/mol. The van der Waals surface area contributed by atoms with E-state index in [1.165, 1.54) is 0 Å². The van der Waals surface area contributed by atoms with Crippen LogP contribution >= 0.6 is 0 Å². The molecule has 2 heteroatoms. The fraction of sp³-hybridized carbons (Fsp3) is 0.167. The minimum Gasteiger partial charge on any atom is -0.384 e. The quantitative estimate of drug-likeness (QED) is 0.311. The van der Waals surface area contributed by atoms with Gasteiger partial charge in [-0.1, -0.05) is 18.7 Å². The van der Waals surface area contributed by atoms with Gasteiger partial charge in [-0.25, -0.2) is 0 Å². The third-order valence-corrected chi connectivity index (χ3v) is 0.793. The van der Waals surface area contributed by atoms with Crippen molar-refractivity contribution < 1.29 is 0 Å². The molecule has 0 saturated carbocycles. The number of hydrogen-bond donors (Lipinski definition) is 2. The van der Waals surface area contributed by atoms with Gasteiger partial charge in [0.05, 0.1) is 0 Å². The molecular formula is C6H10N2. The van der Waals surface area contributed by atoms with Crippen molar-refractivity contribution in [2.75, 3.05) is 0 Å². The molecule has 0 atom stereocenters. The van der Waals surface area contributed by atoms with E-state index < -0.39 is 0 Å². The summed E-state index contributed by atoms with van der Waals surface area (Å²) in [5.41, 5.74) is 5.84. The Kier molecular flexibility index (Phi) is 2.62. The maximum atomic E-state index is 6.87. The first-order valence-corrected chi connectivity index (χ1v) is 2.32. The van der Waals surface area contributed by atoms with Gasteiger partial charge in [-0.05, 0) is 12.5 Å². The minimum absolute atomic E-state index is 0.102. The van der Waals surface area contributed by atoms with E-state index in [1.54, 1.807) is 19.1 Å². The van der Waals surface area contributed by atoms with E-state index in [2.05, 4.69) is 6.58 Å². The van der Waals surface area contributed by atoms with Crippen LogP contribution in [0.5, 0.6) is 0 Å². The van der Waals surface area contributed by atoms with Gasteiger partial charge in [-0.2, -0.15) is 0 Å². The van der Waals surface area contributed by atoms with E-state index in [0.717, 1.165) is 5.57 Å². The summed E-state index contributed by atoms with van der Waals surface area (Å²) < 4.78 is 0. The van der Waals surface area contributed by atoms with E-state index in [-0.39, 0.29) is 5.84 Å². The molecule has 0 aliphatic heterocycles. The van der Waals surface area contributed by atoms with Crippen molar-refractivity contribution in [3.63, 3.8) is 0 Å². The number of nitrogens with one attached hydrogen (secondary N) is 1. The zero-order chi connectivity index (χ0) is 6.57. The molecule has 3 N–H and O–H groups in total. The first kappa shape index (κ1) is 6.95. The summed E-state index contributed by atoms with van der Waals surface area (Å²) >= 11 is 0. The van der Waals surface area contributed by atoms with Gasteiger partial charge in [0.1, 0.15) is 5.84 Å². The average molecular weight is 110 g/mol. The Morgan fingerprint density at radius 3 is 2.38 bits per heavy atom. The highest BCUT2D eigenvalue weighted by Gasteiger charge is 1.86. The Morgan fingerprint density at radius 1 is 1.75 bits per heavy atom. The average Bonchev–Trinajstić information content (AvgIpc) is 1.67. The van der Waals surface area contributed by atoms with Crippen LogP contribution in [0, 0.1) is 5.41 Å². The first-order valence-electron chi connectivity index (χ1n) is 2.32. The molecule has 44 valence electrons. The predicted molar refractivity (Wildman–Crippen MR) is 35.9 cm³/mol. The molecule has 0 rings (SSSR count). The number of amidine groups is 1. The normalized spacial score (nSPS) is 10.9. The van der Waals surface area contributed by atoms with Gasteiger partial charge < -0.3 is 5.73 Å². The minimum atomic E-state index is 0.102. The van der Waals surface area contributed by atoms with Crippen molar-refractivity contribution in [2.24, 2.45) is 5.73 Å². The lowest BCUT2D eigenvalue weighted by molar-refractivity contribution is 1.39. The van der Waals surface area contributed by atoms with Gasteiger partial charge in [0.15, 0.2) is 0 Å². The Morgan fingerprint density at radius 2 is 2.25 bits per heavy atom. The van der Waals surface area contributed by atoms with E-state index in [9.17, 15) is 0 Å². The summed E-state index contributed by atoms with van der Waals surface area (Å²) in [7, 11) is 0. The van der Waals surface area contributed by atoms with Crippen molar-refractivity contribution >= 4 is 5.84 Å². The lowest BCUT2D eigenvalue weighted by Crippen LogP contribution is -2.09. The van der Waals surface area contributed by atoms with Crippen LogP contribution in [0.4, 0.5) is 0 Å². The van der Waals surface area contributed by atoms with E-state index in [0.29, 0.717) is 0 Å². The van der Waals surface area contributed by atoms with Crippen molar-refractivity contribution in [1.29, 1.82) is 5.41 Å². The summed E-state index contributed by atoms with van der Waals surface area (Å²) in [5, 5.41) is 6.87. The second kappa shape index (κ2) is 3.02. The van der Waals surface area contributed by atoms with Crippen molar-refractivity contribution in [3.05, 3.63) is 24.3 Å². The second-order valence-electron chi connectivity index (χ2n) is 1.50. The zero-order valence-corrected chi connectivity index (χ0v) is 4.94. The molecule has 0 heterocycles. The molecule has 0 bridgehead atoms. The molecule has 0 aromatic rings. The molecule has 8 heavy (non-hydrogen) atoms. The molecule has 0 aliphatic carbocycles. The zero-order valence-electron chi connectivity index (χ0n) is 4.94. The van der Waals surface area contributed by atoms with Crippen molar-refractivity contribution in [2.45, 2.75) is 6.92 Å². The number of allylic oxidation sites excluding steroid dienone is 2. The SMILES string of the molecule is C=C/C=C(\C)C(=N)N. The van der Waals surface area contributed by atoms with Gasteiger partial charge >= 0.3 is 0 Å². The first-order chi connectivity index (χ1) is 3.68.